The second-order valence-electron chi connectivity index (χ2n) is 24.9. The third-order valence-corrected chi connectivity index (χ3v) is 14.6. The van der Waals surface area contributed by atoms with Crippen LogP contribution in [0, 0.1) is 0 Å². The van der Waals surface area contributed by atoms with Crippen LogP contribution >= 0.6 is 0 Å². The van der Waals surface area contributed by atoms with Gasteiger partial charge in [-0.05, 0) is 136 Å². The van der Waals surface area contributed by atoms with Crippen LogP contribution in [0.1, 0.15) is 132 Å². The van der Waals surface area contributed by atoms with E-state index in [1.165, 1.54) is 110 Å². The highest BCUT2D eigenvalue weighted by molar-refractivity contribution is 6.27. The summed E-state index contributed by atoms with van der Waals surface area (Å²) in [5.41, 5.74) is 16.1. The van der Waals surface area contributed by atoms with Crippen LogP contribution < -0.4 is 4.90 Å². The van der Waals surface area contributed by atoms with E-state index in [1.54, 1.807) is 0 Å². The minimum atomic E-state index is -0.110. The van der Waals surface area contributed by atoms with E-state index in [2.05, 4.69) is 265 Å². The van der Waals surface area contributed by atoms with Crippen molar-refractivity contribution in [2.45, 2.75) is 131 Å². The first kappa shape index (κ1) is 45.4. The van der Waals surface area contributed by atoms with Gasteiger partial charge >= 0.3 is 0 Å². The van der Waals surface area contributed by atoms with Crippen molar-refractivity contribution < 1.29 is 0 Å². The highest BCUT2D eigenvalue weighted by Crippen LogP contribution is 2.49. The Morgan fingerprint density at radius 3 is 1.18 bits per heavy atom. The Kier molecular flexibility index (Phi) is 10.4. The second kappa shape index (κ2) is 15.6. The number of para-hydroxylation sites is 2. The lowest BCUT2D eigenvalue weighted by molar-refractivity contribution is 0.568. The van der Waals surface area contributed by atoms with Crippen molar-refractivity contribution in [3.05, 3.63) is 179 Å². The molecule has 0 bridgehead atoms. The van der Waals surface area contributed by atoms with E-state index in [0.29, 0.717) is 0 Å². The molecule has 0 aliphatic rings. The molecule has 0 saturated carbocycles. The lowest BCUT2D eigenvalue weighted by Gasteiger charge is -2.33. The molecule has 1 heterocycles. The smallest absolute Gasteiger partial charge is 0.0541 e. The summed E-state index contributed by atoms with van der Waals surface area (Å²) in [5, 5.41) is 10.1. The summed E-state index contributed by atoms with van der Waals surface area (Å²) in [6.45, 7) is 35.2. The summed E-state index contributed by atoms with van der Waals surface area (Å²) in [6.07, 6.45) is 0. The van der Waals surface area contributed by atoms with Gasteiger partial charge in [-0.3, -0.25) is 0 Å². The molecule has 0 radical (unpaired) electrons. The van der Waals surface area contributed by atoms with E-state index >= 15 is 0 Å². The van der Waals surface area contributed by atoms with Crippen molar-refractivity contribution in [2.24, 2.45) is 0 Å². The molecule has 0 unspecified atom stereocenters. The highest BCUT2D eigenvalue weighted by atomic mass is 15.1. The van der Waals surface area contributed by atoms with Crippen LogP contribution in [0.4, 0.5) is 17.1 Å². The van der Waals surface area contributed by atoms with Gasteiger partial charge < -0.3 is 9.47 Å². The molecule has 0 amide bonds. The van der Waals surface area contributed by atoms with Crippen LogP contribution in [-0.4, -0.2) is 4.57 Å². The average Bonchev–Trinajstić information content (AvgIpc) is 3.61. The number of hydrogen-bond donors (Lipinski definition) is 0. The molecule has 0 spiro atoms. The maximum Gasteiger partial charge on any atom is 0.0541 e. The molecule has 2 heteroatoms. The van der Waals surface area contributed by atoms with Gasteiger partial charge in [0.25, 0.3) is 0 Å². The summed E-state index contributed by atoms with van der Waals surface area (Å²) in [6, 6.07) is 58.7. The molecule has 9 aromatic carbocycles. The number of aromatic nitrogens is 1. The van der Waals surface area contributed by atoms with Gasteiger partial charge in [0.05, 0.1) is 22.4 Å². The summed E-state index contributed by atoms with van der Waals surface area (Å²) in [7, 11) is 0. The Balaban J connectivity index is 1.30. The maximum absolute atomic E-state index is 2.60. The van der Waals surface area contributed by atoms with Gasteiger partial charge in [-0.25, -0.2) is 0 Å². The minimum absolute atomic E-state index is 0.00754. The molecule has 1 aromatic heterocycles. The van der Waals surface area contributed by atoms with E-state index in [-0.39, 0.29) is 27.1 Å². The molecule has 10 aromatic rings. The number of nitrogens with zero attached hydrogens (tertiary/aromatic N) is 2. The number of fused-ring (bicyclic) bond motifs is 3. The molecule has 0 aliphatic heterocycles. The number of hydrogen-bond acceptors (Lipinski definition) is 1. The normalized spacial score (nSPS) is 13.2. The molecule has 68 heavy (non-hydrogen) atoms. The Morgan fingerprint density at radius 1 is 0.324 bits per heavy atom. The van der Waals surface area contributed by atoms with E-state index in [9.17, 15) is 0 Å². The van der Waals surface area contributed by atoms with Crippen molar-refractivity contribution >= 4 is 71.2 Å². The van der Waals surface area contributed by atoms with Crippen LogP contribution in [0.2, 0.25) is 0 Å². The minimum Gasteiger partial charge on any atom is -0.310 e. The van der Waals surface area contributed by atoms with Gasteiger partial charge in [0, 0.05) is 32.9 Å². The average molecular weight is 891 g/mol. The summed E-state index contributed by atoms with van der Waals surface area (Å²) in [5.74, 6) is 0. The zero-order valence-corrected chi connectivity index (χ0v) is 43.3. The van der Waals surface area contributed by atoms with Crippen molar-refractivity contribution in [3.63, 3.8) is 0 Å². The van der Waals surface area contributed by atoms with E-state index < -0.39 is 0 Å². The number of anilines is 3. The summed E-state index contributed by atoms with van der Waals surface area (Å²) < 4.78 is 2.48. The predicted octanol–water partition coefficient (Wildman–Crippen LogP) is 19.3. The van der Waals surface area contributed by atoms with Gasteiger partial charge in [-0.2, -0.15) is 0 Å². The topological polar surface area (TPSA) is 8.17 Å². The zero-order chi connectivity index (χ0) is 48.5. The van der Waals surface area contributed by atoms with Gasteiger partial charge in [-0.1, -0.05) is 207 Å². The molecule has 0 N–H and O–H groups in total. The predicted molar refractivity (Wildman–Crippen MR) is 298 cm³/mol. The standard InChI is InChI=1S/C66H70N2/c1-62(2,3)45-32-43(33-46(36-45)63(4,5)6)44-34-47(64(7,8)9)38-50(35-44)67(51-39-48(65(10,11)12)37-49(40-51)66(13,14)15)58-30-26-41-25-29-55-59(31-27-42-24-28-54(58)60(41)61(42)55)68-56-22-18-16-20-52(56)53-21-17-19-23-57(53)68/h16-40H,1-15H3. The Hall–Kier alpha value is -6.38. The molecule has 0 fully saturated rings. The quantitative estimate of drug-likeness (QED) is 0.156. The molecular weight excluding hydrogens is 821 g/mol. The highest BCUT2D eigenvalue weighted by Gasteiger charge is 2.28. The number of rotatable bonds is 5. The maximum atomic E-state index is 2.60. The van der Waals surface area contributed by atoms with Crippen LogP contribution in [0.3, 0.4) is 0 Å². The van der Waals surface area contributed by atoms with Crippen molar-refractivity contribution in [1.29, 1.82) is 0 Å². The molecule has 0 saturated heterocycles. The third kappa shape index (κ3) is 7.84. The van der Waals surface area contributed by atoms with Gasteiger partial charge in [0.1, 0.15) is 0 Å². The lowest BCUT2D eigenvalue weighted by atomic mass is 9.78. The zero-order valence-electron chi connectivity index (χ0n) is 43.3. The van der Waals surface area contributed by atoms with E-state index in [4.69, 9.17) is 0 Å². The van der Waals surface area contributed by atoms with Gasteiger partial charge in [0.2, 0.25) is 0 Å². The van der Waals surface area contributed by atoms with Gasteiger partial charge in [-0.15, -0.1) is 0 Å². The van der Waals surface area contributed by atoms with Crippen molar-refractivity contribution in [1.82, 2.24) is 4.57 Å². The Bertz CT molecular complexity index is 3460. The molecule has 0 atom stereocenters. The van der Waals surface area contributed by atoms with Crippen LogP contribution in [0.5, 0.6) is 0 Å². The van der Waals surface area contributed by atoms with Crippen molar-refractivity contribution in [2.75, 3.05) is 4.90 Å². The first-order valence-electron chi connectivity index (χ1n) is 24.8. The third-order valence-electron chi connectivity index (χ3n) is 14.6. The number of benzene rings is 9. The summed E-state index contributed by atoms with van der Waals surface area (Å²) in [4.78, 5) is 2.60. The van der Waals surface area contributed by atoms with Crippen LogP contribution in [0.25, 0.3) is 70.9 Å². The lowest BCUT2D eigenvalue weighted by Crippen LogP contribution is -2.20. The second-order valence-corrected chi connectivity index (χ2v) is 24.9. The SMILES string of the molecule is CC(C)(C)c1cc(-c2cc(C(C)(C)C)cc(C(C)(C)C)c2)cc(N(c2cc(C(C)(C)C)cc(C(C)(C)C)c2)c2ccc3ccc4c(-n5c6ccccc6c6ccccc65)ccc5ccc2c3c54)c1. The molecule has 0 aliphatic carbocycles. The Morgan fingerprint density at radius 2 is 0.691 bits per heavy atom. The van der Waals surface area contributed by atoms with Crippen molar-refractivity contribution in [3.8, 4) is 16.8 Å². The fourth-order valence-corrected chi connectivity index (χ4v) is 10.4. The van der Waals surface area contributed by atoms with E-state index in [1.807, 2.05) is 0 Å². The van der Waals surface area contributed by atoms with E-state index in [0.717, 1.165) is 5.69 Å². The summed E-state index contributed by atoms with van der Waals surface area (Å²) >= 11 is 0. The molecular formula is C66H70N2. The largest absolute Gasteiger partial charge is 0.310 e. The van der Waals surface area contributed by atoms with Crippen LogP contribution in [0.15, 0.2) is 152 Å². The molecule has 10 rings (SSSR count). The van der Waals surface area contributed by atoms with Crippen LogP contribution in [-0.2, 0) is 27.1 Å². The fourth-order valence-electron chi connectivity index (χ4n) is 10.4. The first-order chi connectivity index (χ1) is 31.9. The Labute approximate surface area is 406 Å². The van der Waals surface area contributed by atoms with Gasteiger partial charge in [0.15, 0.2) is 0 Å². The molecule has 344 valence electrons. The monoisotopic (exact) mass is 891 g/mol. The first-order valence-corrected chi connectivity index (χ1v) is 24.8. The molecule has 2 nitrogen and oxygen atoms in total. The fraction of sp³-hybridized carbons (Fsp3) is 0.303.